The minimum absolute atomic E-state index is 0.172. The van der Waals surface area contributed by atoms with Gasteiger partial charge in [0.05, 0.1) is 6.54 Å². The molecule has 124 valence electrons. The predicted octanol–water partition coefficient (Wildman–Crippen LogP) is 0.0106. The zero-order valence-corrected chi connectivity index (χ0v) is 12.6. The molecule has 1 saturated heterocycles. The minimum Gasteiger partial charge on any atom is -0.475 e. The van der Waals surface area contributed by atoms with E-state index in [1.165, 1.54) is 24.3 Å². The zero-order chi connectivity index (χ0) is 16.8. The van der Waals surface area contributed by atoms with E-state index in [2.05, 4.69) is 0 Å². The van der Waals surface area contributed by atoms with E-state index in [1.807, 2.05) is 4.90 Å². The van der Waals surface area contributed by atoms with Crippen LogP contribution in [0.1, 0.15) is 22.7 Å². The maximum absolute atomic E-state index is 12.2. The standard InChI is InChI=1S/C15H19N3O5/c16-13(19)10-17-6-1-7-18(9-8-17)14(20)5-3-11-2-4-12(23-11)15(21)22/h2-5H,1,6-10H2,(H2,16,19)(H,21,22)/b5-3+. The van der Waals surface area contributed by atoms with Crippen LogP contribution in [0.4, 0.5) is 0 Å². The van der Waals surface area contributed by atoms with Crippen LogP contribution in [-0.4, -0.2) is 65.4 Å². The van der Waals surface area contributed by atoms with Gasteiger partial charge >= 0.3 is 5.97 Å². The summed E-state index contributed by atoms with van der Waals surface area (Å²) >= 11 is 0. The van der Waals surface area contributed by atoms with Crippen LogP contribution in [0.5, 0.6) is 0 Å². The Balaban J connectivity index is 1.90. The van der Waals surface area contributed by atoms with Crippen molar-refractivity contribution in [3.05, 3.63) is 29.7 Å². The third-order valence-electron chi connectivity index (χ3n) is 3.51. The van der Waals surface area contributed by atoms with Crippen molar-refractivity contribution in [3.8, 4) is 0 Å². The van der Waals surface area contributed by atoms with Crippen molar-refractivity contribution < 1.29 is 23.9 Å². The molecule has 2 amide bonds. The van der Waals surface area contributed by atoms with Crippen molar-refractivity contribution in [2.45, 2.75) is 6.42 Å². The number of furan rings is 1. The predicted molar refractivity (Wildman–Crippen MR) is 81.5 cm³/mol. The van der Waals surface area contributed by atoms with Gasteiger partial charge in [-0.2, -0.15) is 0 Å². The van der Waals surface area contributed by atoms with Gasteiger partial charge in [0.1, 0.15) is 5.76 Å². The Hall–Kier alpha value is -2.61. The molecular formula is C15H19N3O5. The molecule has 2 rings (SSSR count). The smallest absolute Gasteiger partial charge is 0.371 e. The average Bonchev–Trinajstić information content (AvgIpc) is 2.85. The summed E-state index contributed by atoms with van der Waals surface area (Å²) in [5.41, 5.74) is 5.18. The number of nitrogens with zero attached hydrogens (tertiary/aromatic N) is 2. The Morgan fingerprint density at radius 2 is 2.00 bits per heavy atom. The third-order valence-corrected chi connectivity index (χ3v) is 3.51. The van der Waals surface area contributed by atoms with Crippen molar-refractivity contribution in [2.24, 2.45) is 5.73 Å². The van der Waals surface area contributed by atoms with Gasteiger partial charge in [-0.3, -0.25) is 14.5 Å². The van der Waals surface area contributed by atoms with Gasteiger partial charge in [0.15, 0.2) is 0 Å². The highest BCUT2D eigenvalue weighted by atomic mass is 16.4. The number of nitrogens with two attached hydrogens (primary N) is 1. The first-order valence-corrected chi connectivity index (χ1v) is 7.26. The lowest BCUT2D eigenvalue weighted by atomic mass is 10.3. The van der Waals surface area contributed by atoms with Crippen LogP contribution < -0.4 is 5.73 Å². The first-order valence-electron chi connectivity index (χ1n) is 7.26. The van der Waals surface area contributed by atoms with Crippen LogP contribution >= 0.6 is 0 Å². The van der Waals surface area contributed by atoms with Crippen LogP contribution in [0.15, 0.2) is 22.6 Å². The molecule has 0 bridgehead atoms. The second-order valence-electron chi connectivity index (χ2n) is 5.26. The summed E-state index contributed by atoms with van der Waals surface area (Å²) in [4.78, 5) is 37.4. The Morgan fingerprint density at radius 1 is 1.22 bits per heavy atom. The lowest BCUT2D eigenvalue weighted by Gasteiger charge is -2.19. The zero-order valence-electron chi connectivity index (χ0n) is 12.6. The number of amides is 2. The van der Waals surface area contributed by atoms with Crippen LogP contribution in [0.25, 0.3) is 6.08 Å². The highest BCUT2D eigenvalue weighted by Gasteiger charge is 2.18. The molecule has 0 saturated carbocycles. The molecule has 2 heterocycles. The number of hydrogen-bond donors (Lipinski definition) is 2. The first kappa shape index (κ1) is 16.8. The van der Waals surface area contributed by atoms with Crippen molar-refractivity contribution in [3.63, 3.8) is 0 Å². The second-order valence-corrected chi connectivity index (χ2v) is 5.26. The number of aromatic carboxylic acids is 1. The lowest BCUT2D eigenvalue weighted by molar-refractivity contribution is -0.125. The maximum Gasteiger partial charge on any atom is 0.371 e. The van der Waals surface area contributed by atoms with E-state index < -0.39 is 5.97 Å². The van der Waals surface area contributed by atoms with E-state index in [4.69, 9.17) is 15.3 Å². The van der Waals surface area contributed by atoms with E-state index in [-0.39, 0.29) is 24.1 Å². The lowest BCUT2D eigenvalue weighted by Crippen LogP contribution is -2.37. The van der Waals surface area contributed by atoms with Gasteiger partial charge in [0.25, 0.3) is 0 Å². The Bertz CT molecular complexity index is 622. The van der Waals surface area contributed by atoms with Crippen LogP contribution in [0.2, 0.25) is 0 Å². The molecule has 1 fully saturated rings. The molecule has 8 heteroatoms. The quantitative estimate of drug-likeness (QED) is 0.738. The molecule has 0 unspecified atom stereocenters. The fourth-order valence-corrected chi connectivity index (χ4v) is 2.39. The van der Waals surface area contributed by atoms with Gasteiger partial charge < -0.3 is 20.2 Å². The summed E-state index contributed by atoms with van der Waals surface area (Å²) in [5, 5.41) is 8.77. The second kappa shape index (κ2) is 7.59. The minimum atomic E-state index is -1.15. The summed E-state index contributed by atoms with van der Waals surface area (Å²) in [6.45, 7) is 2.61. The topological polar surface area (TPSA) is 117 Å². The normalized spacial score (nSPS) is 16.4. The Labute approximate surface area is 133 Å². The molecule has 0 spiro atoms. The monoisotopic (exact) mass is 321 g/mol. The summed E-state index contributed by atoms with van der Waals surface area (Å²) in [6, 6.07) is 2.82. The summed E-state index contributed by atoms with van der Waals surface area (Å²) in [7, 11) is 0. The van der Waals surface area contributed by atoms with E-state index in [9.17, 15) is 14.4 Å². The molecule has 1 aliphatic rings. The summed E-state index contributed by atoms with van der Waals surface area (Å²) in [6.07, 6.45) is 3.56. The highest BCUT2D eigenvalue weighted by molar-refractivity contribution is 5.91. The number of rotatable bonds is 5. The van der Waals surface area contributed by atoms with E-state index in [1.54, 1.807) is 4.90 Å². The SMILES string of the molecule is NC(=O)CN1CCCN(C(=O)/C=C/c2ccc(C(=O)O)o2)CC1. The molecule has 8 nitrogen and oxygen atoms in total. The van der Waals surface area contributed by atoms with Crippen LogP contribution in [-0.2, 0) is 9.59 Å². The largest absolute Gasteiger partial charge is 0.475 e. The molecule has 0 atom stereocenters. The Kier molecular flexibility index (Phi) is 5.53. The molecule has 0 aromatic carbocycles. The van der Waals surface area contributed by atoms with E-state index in [0.29, 0.717) is 25.4 Å². The van der Waals surface area contributed by atoms with Gasteiger partial charge in [0, 0.05) is 32.3 Å². The van der Waals surface area contributed by atoms with Gasteiger partial charge in [-0.05, 0) is 24.6 Å². The van der Waals surface area contributed by atoms with Gasteiger partial charge in [0.2, 0.25) is 17.6 Å². The number of primary amides is 1. The van der Waals surface area contributed by atoms with Crippen molar-refractivity contribution in [1.82, 2.24) is 9.80 Å². The van der Waals surface area contributed by atoms with Crippen molar-refractivity contribution >= 4 is 23.9 Å². The number of carboxylic acids is 1. The fraction of sp³-hybridized carbons (Fsp3) is 0.400. The number of carbonyl (C=O) groups is 3. The highest BCUT2D eigenvalue weighted by Crippen LogP contribution is 2.10. The van der Waals surface area contributed by atoms with Crippen molar-refractivity contribution in [2.75, 3.05) is 32.7 Å². The third kappa shape index (κ3) is 4.96. The first-order chi connectivity index (χ1) is 11.0. The van der Waals surface area contributed by atoms with Crippen LogP contribution in [0.3, 0.4) is 0 Å². The molecule has 0 aliphatic carbocycles. The Morgan fingerprint density at radius 3 is 2.65 bits per heavy atom. The van der Waals surface area contributed by atoms with Gasteiger partial charge in [-0.15, -0.1) is 0 Å². The maximum atomic E-state index is 12.2. The molecule has 0 radical (unpaired) electrons. The molecule has 1 aromatic rings. The van der Waals surface area contributed by atoms with E-state index in [0.717, 1.165) is 13.0 Å². The number of carbonyl (C=O) groups excluding carboxylic acids is 2. The molecule has 3 N–H and O–H groups in total. The summed E-state index contributed by atoms with van der Waals surface area (Å²) < 4.78 is 5.05. The summed E-state index contributed by atoms with van der Waals surface area (Å²) in [5.74, 6) is -1.58. The van der Waals surface area contributed by atoms with Crippen molar-refractivity contribution in [1.29, 1.82) is 0 Å². The molecular weight excluding hydrogens is 302 g/mol. The molecule has 23 heavy (non-hydrogen) atoms. The average molecular weight is 321 g/mol. The number of hydrogen-bond acceptors (Lipinski definition) is 5. The molecule has 1 aliphatic heterocycles. The number of carboxylic acid groups (broad SMARTS) is 1. The fourth-order valence-electron chi connectivity index (χ4n) is 2.39. The van der Waals surface area contributed by atoms with Gasteiger partial charge in [-0.25, -0.2) is 4.79 Å². The van der Waals surface area contributed by atoms with Gasteiger partial charge in [-0.1, -0.05) is 0 Å². The van der Waals surface area contributed by atoms with Crippen LogP contribution in [0, 0.1) is 0 Å². The van der Waals surface area contributed by atoms with E-state index >= 15 is 0 Å². The molecule has 1 aromatic heterocycles.